The predicted molar refractivity (Wildman–Crippen MR) is 94.9 cm³/mol. The number of nitrogens with zero attached hydrogens (tertiary/aromatic N) is 2. The van der Waals surface area contributed by atoms with E-state index < -0.39 is 0 Å². The van der Waals surface area contributed by atoms with E-state index in [0.29, 0.717) is 17.3 Å². The molecule has 120 valence electrons. The molecule has 0 spiro atoms. The highest BCUT2D eigenvalue weighted by Gasteiger charge is 2.11. The summed E-state index contributed by atoms with van der Waals surface area (Å²) in [5.41, 5.74) is 2.62. The first-order chi connectivity index (χ1) is 11.7. The van der Waals surface area contributed by atoms with Crippen LogP contribution in [0.25, 0.3) is 10.9 Å². The summed E-state index contributed by atoms with van der Waals surface area (Å²) in [4.78, 5) is 8.66. The number of hydrogen-bond donors (Lipinski definition) is 1. The molecular formula is C19H17N3O2. The van der Waals surface area contributed by atoms with Crippen molar-refractivity contribution in [3.63, 3.8) is 0 Å². The molecule has 24 heavy (non-hydrogen) atoms. The third-order valence-corrected chi connectivity index (χ3v) is 3.54. The number of rotatable bonds is 4. The molecule has 0 aliphatic rings. The fraction of sp³-hybridized carbons (Fsp3) is 0.158. The summed E-state index contributed by atoms with van der Waals surface area (Å²) >= 11 is 0. The molecule has 1 heterocycles. The van der Waals surface area contributed by atoms with E-state index in [4.69, 9.17) is 9.47 Å². The molecule has 0 amide bonds. The Labute approximate surface area is 140 Å². The molecule has 1 aromatic heterocycles. The summed E-state index contributed by atoms with van der Waals surface area (Å²) in [6, 6.07) is 11.6. The van der Waals surface area contributed by atoms with Crippen molar-refractivity contribution >= 4 is 22.4 Å². The van der Waals surface area contributed by atoms with Gasteiger partial charge in [-0.05, 0) is 31.2 Å². The molecule has 0 aliphatic heterocycles. The van der Waals surface area contributed by atoms with Gasteiger partial charge in [-0.15, -0.1) is 5.92 Å². The summed E-state index contributed by atoms with van der Waals surface area (Å²) < 4.78 is 10.7. The van der Waals surface area contributed by atoms with E-state index in [2.05, 4.69) is 27.1 Å². The summed E-state index contributed by atoms with van der Waals surface area (Å²) in [6.07, 6.45) is 1.52. The van der Waals surface area contributed by atoms with Gasteiger partial charge in [0.1, 0.15) is 12.1 Å². The Kier molecular flexibility index (Phi) is 4.48. The normalized spacial score (nSPS) is 9.96. The smallest absolute Gasteiger partial charge is 0.162 e. The van der Waals surface area contributed by atoms with Gasteiger partial charge in [0.15, 0.2) is 11.5 Å². The van der Waals surface area contributed by atoms with Gasteiger partial charge in [-0.3, -0.25) is 0 Å². The topological polar surface area (TPSA) is 56.3 Å². The number of anilines is 2. The third kappa shape index (κ3) is 3.08. The minimum absolute atomic E-state index is 0.633. The van der Waals surface area contributed by atoms with E-state index in [0.717, 1.165) is 22.2 Å². The van der Waals surface area contributed by atoms with E-state index in [1.54, 1.807) is 14.2 Å². The average Bonchev–Trinajstić information content (AvgIpc) is 2.61. The van der Waals surface area contributed by atoms with Crippen LogP contribution < -0.4 is 14.8 Å². The first-order valence-corrected chi connectivity index (χ1v) is 7.41. The predicted octanol–water partition coefficient (Wildman–Crippen LogP) is 3.76. The molecule has 3 rings (SSSR count). The quantitative estimate of drug-likeness (QED) is 0.742. The molecular weight excluding hydrogens is 302 g/mol. The van der Waals surface area contributed by atoms with Gasteiger partial charge in [-0.1, -0.05) is 12.0 Å². The molecule has 0 bridgehead atoms. The molecule has 5 nitrogen and oxygen atoms in total. The van der Waals surface area contributed by atoms with Crippen LogP contribution in [0, 0.1) is 11.8 Å². The van der Waals surface area contributed by atoms with Crippen molar-refractivity contribution in [2.75, 3.05) is 19.5 Å². The number of hydrogen-bond acceptors (Lipinski definition) is 5. The van der Waals surface area contributed by atoms with Crippen molar-refractivity contribution in [1.29, 1.82) is 0 Å². The molecule has 2 aromatic carbocycles. The number of aromatic nitrogens is 2. The van der Waals surface area contributed by atoms with Gasteiger partial charge in [0, 0.05) is 22.7 Å². The Hall–Kier alpha value is -3.26. The number of benzene rings is 2. The summed E-state index contributed by atoms with van der Waals surface area (Å²) in [7, 11) is 3.21. The van der Waals surface area contributed by atoms with Gasteiger partial charge in [0.2, 0.25) is 0 Å². The minimum Gasteiger partial charge on any atom is -0.493 e. The molecule has 0 saturated carbocycles. The third-order valence-electron chi connectivity index (χ3n) is 3.54. The van der Waals surface area contributed by atoms with Crippen molar-refractivity contribution in [3.05, 3.63) is 48.3 Å². The Morgan fingerprint density at radius 1 is 1.00 bits per heavy atom. The van der Waals surface area contributed by atoms with Crippen LogP contribution in [0.3, 0.4) is 0 Å². The van der Waals surface area contributed by atoms with E-state index in [1.165, 1.54) is 6.33 Å². The lowest BCUT2D eigenvalue weighted by Crippen LogP contribution is -1.98. The van der Waals surface area contributed by atoms with Crippen LogP contribution >= 0.6 is 0 Å². The average molecular weight is 319 g/mol. The van der Waals surface area contributed by atoms with E-state index in [-0.39, 0.29) is 0 Å². The van der Waals surface area contributed by atoms with E-state index >= 15 is 0 Å². The molecule has 0 saturated heterocycles. The zero-order valence-electron chi connectivity index (χ0n) is 13.8. The fourth-order valence-corrected chi connectivity index (χ4v) is 2.44. The zero-order chi connectivity index (χ0) is 16.9. The van der Waals surface area contributed by atoms with Gasteiger partial charge in [-0.2, -0.15) is 0 Å². The maximum Gasteiger partial charge on any atom is 0.162 e. The Morgan fingerprint density at radius 3 is 2.54 bits per heavy atom. The van der Waals surface area contributed by atoms with Crippen LogP contribution in [0.2, 0.25) is 0 Å². The Bertz CT molecular complexity index is 942. The van der Waals surface area contributed by atoms with Crippen molar-refractivity contribution in [2.24, 2.45) is 0 Å². The highest BCUT2D eigenvalue weighted by molar-refractivity contribution is 5.93. The standard InChI is InChI=1S/C19H17N3O2/c1-4-6-13-7-5-8-14(9-13)22-19-15-10-17(23-2)18(24-3)11-16(15)20-12-21-19/h5,7-12H,1-3H3,(H,20,21,22). The molecule has 0 radical (unpaired) electrons. The molecule has 1 N–H and O–H groups in total. The fourth-order valence-electron chi connectivity index (χ4n) is 2.44. The number of nitrogens with one attached hydrogen (secondary N) is 1. The van der Waals surface area contributed by atoms with Crippen molar-refractivity contribution in [3.8, 4) is 23.3 Å². The Morgan fingerprint density at radius 2 is 1.79 bits per heavy atom. The maximum atomic E-state index is 5.37. The van der Waals surface area contributed by atoms with Crippen LogP contribution in [0.5, 0.6) is 11.5 Å². The first-order valence-electron chi connectivity index (χ1n) is 7.41. The highest BCUT2D eigenvalue weighted by Crippen LogP contribution is 2.34. The van der Waals surface area contributed by atoms with E-state index in [1.807, 2.05) is 43.3 Å². The molecule has 0 atom stereocenters. The molecule has 3 aromatic rings. The first kappa shape index (κ1) is 15.6. The number of ether oxygens (including phenoxy) is 2. The molecule has 0 aliphatic carbocycles. The molecule has 5 heteroatoms. The lowest BCUT2D eigenvalue weighted by Gasteiger charge is -2.12. The van der Waals surface area contributed by atoms with E-state index in [9.17, 15) is 0 Å². The number of methoxy groups -OCH3 is 2. The SMILES string of the molecule is CC#Cc1cccc(Nc2ncnc3cc(OC)c(OC)cc23)c1. The summed E-state index contributed by atoms with van der Waals surface area (Å²) in [5.74, 6) is 7.91. The minimum atomic E-state index is 0.633. The lowest BCUT2D eigenvalue weighted by atomic mass is 10.2. The van der Waals surface area contributed by atoms with Crippen LogP contribution in [0.4, 0.5) is 11.5 Å². The van der Waals surface area contributed by atoms with Gasteiger partial charge in [-0.25, -0.2) is 9.97 Å². The van der Waals surface area contributed by atoms with Crippen molar-refractivity contribution in [2.45, 2.75) is 6.92 Å². The Balaban J connectivity index is 2.06. The second-order valence-electron chi connectivity index (χ2n) is 5.03. The van der Waals surface area contributed by atoms with Gasteiger partial charge in [0.25, 0.3) is 0 Å². The lowest BCUT2D eigenvalue weighted by molar-refractivity contribution is 0.356. The zero-order valence-corrected chi connectivity index (χ0v) is 13.8. The van der Waals surface area contributed by atoms with Crippen molar-refractivity contribution in [1.82, 2.24) is 9.97 Å². The summed E-state index contributed by atoms with van der Waals surface area (Å²) in [5, 5.41) is 4.17. The van der Waals surface area contributed by atoms with Gasteiger partial charge in [0.05, 0.1) is 19.7 Å². The van der Waals surface area contributed by atoms with Crippen LogP contribution in [0.1, 0.15) is 12.5 Å². The van der Waals surface area contributed by atoms with Crippen LogP contribution in [-0.4, -0.2) is 24.2 Å². The van der Waals surface area contributed by atoms with Crippen LogP contribution in [0.15, 0.2) is 42.7 Å². The molecule has 0 unspecified atom stereocenters. The van der Waals surface area contributed by atoms with Gasteiger partial charge < -0.3 is 14.8 Å². The number of fused-ring (bicyclic) bond motifs is 1. The maximum absolute atomic E-state index is 5.37. The second-order valence-corrected chi connectivity index (χ2v) is 5.03. The molecule has 0 fully saturated rings. The van der Waals surface area contributed by atoms with Gasteiger partial charge >= 0.3 is 0 Å². The van der Waals surface area contributed by atoms with Crippen LogP contribution in [-0.2, 0) is 0 Å². The second kappa shape index (κ2) is 6.88. The monoisotopic (exact) mass is 319 g/mol. The summed E-state index contributed by atoms with van der Waals surface area (Å²) in [6.45, 7) is 1.82. The highest BCUT2D eigenvalue weighted by atomic mass is 16.5. The largest absolute Gasteiger partial charge is 0.493 e. The van der Waals surface area contributed by atoms with Crippen molar-refractivity contribution < 1.29 is 9.47 Å².